The van der Waals surface area contributed by atoms with Crippen LogP contribution in [0.5, 0.6) is 0 Å². The fourth-order valence-electron chi connectivity index (χ4n) is 1.07. The first-order valence-corrected chi connectivity index (χ1v) is 5.60. The Bertz CT molecular complexity index is 412. The van der Waals surface area contributed by atoms with Gasteiger partial charge in [0.1, 0.15) is 0 Å². The van der Waals surface area contributed by atoms with Crippen LogP contribution in [0.2, 0.25) is 0 Å². The summed E-state index contributed by atoms with van der Waals surface area (Å²) < 4.78 is 0. The number of hydrogen-bond donors (Lipinski definition) is 1. The van der Waals surface area contributed by atoms with E-state index in [-0.39, 0.29) is 10.9 Å². The molecule has 1 aromatic rings. The molecule has 5 nitrogen and oxygen atoms in total. The van der Waals surface area contributed by atoms with E-state index in [0.717, 1.165) is 17.8 Å². The number of amides is 1. The average molecular weight is 240 g/mol. The zero-order chi connectivity index (χ0) is 12.0. The summed E-state index contributed by atoms with van der Waals surface area (Å²) in [7, 11) is 0. The van der Waals surface area contributed by atoms with Crippen LogP contribution >= 0.6 is 11.3 Å². The average Bonchev–Trinajstić information content (AvgIpc) is 2.73. The third-order valence-corrected chi connectivity index (χ3v) is 2.86. The van der Waals surface area contributed by atoms with E-state index in [1.54, 1.807) is 0 Å². The molecule has 16 heavy (non-hydrogen) atoms. The van der Waals surface area contributed by atoms with E-state index in [0.29, 0.717) is 11.4 Å². The highest BCUT2D eigenvalue weighted by Crippen LogP contribution is 2.23. The Hall–Kier alpha value is -1.69. The molecule has 0 radical (unpaired) electrons. The van der Waals surface area contributed by atoms with E-state index >= 15 is 0 Å². The summed E-state index contributed by atoms with van der Waals surface area (Å²) in [4.78, 5) is 21.8. The predicted octanol–water partition coefficient (Wildman–Crippen LogP) is 2.35. The maximum absolute atomic E-state index is 11.5. The lowest BCUT2D eigenvalue weighted by molar-refractivity contribution is -0.380. The van der Waals surface area contributed by atoms with Crippen molar-refractivity contribution in [2.75, 3.05) is 6.54 Å². The van der Waals surface area contributed by atoms with Crippen molar-refractivity contribution in [1.82, 2.24) is 5.32 Å². The van der Waals surface area contributed by atoms with E-state index in [9.17, 15) is 14.9 Å². The number of allylic oxidation sites excluding steroid dienone is 1. The summed E-state index contributed by atoms with van der Waals surface area (Å²) in [5.41, 5.74) is 0. The molecule has 0 fully saturated rings. The van der Waals surface area contributed by atoms with Gasteiger partial charge in [0.25, 0.3) is 5.91 Å². The predicted molar refractivity (Wildman–Crippen MR) is 62.7 cm³/mol. The molecular formula is C10H12N2O3S. The minimum Gasteiger partial charge on any atom is -0.351 e. The summed E-state index contributed by atoms with van der Waals surface area (Å²) in [5, 5.41) is 13.1. The van der Waals surface area contributed by atoms with Crippen molar-refractivity contribution >= 4 is 22.2 Å². The first-order valence-electron chi connectivity index (χ1n) is 4.78. The lowest BCUT2D eigenvalue weighted by Crippen LogP contribution is -2.23. The van der Waals surface area contributed by atoms with Gasteiger partial charge in [0.15, 0.2) is 0 Å². The second-order valence-corrected chi connectivity index (χ2v) is 4.07. The van der Waals surface area contributed by atoms with Gasteiger partial charge in [-0.25, -0.2) is 0 Å². The molecule has 1 amide bonds. The Morgan fingerprint density at radius 3 is 2.94 bits per heavy atom. The molecule has 1 N–H and O–H groups in total. The minimum atomic E-state index is -0.499. The van der Waals surface area contributed by atoms with E-state index in [4.69, 9.17) is 0 Å². The molecule has 0 bridgehead atoms. The summed E-state index contributed by atoms with van der Waals surface area (Å²) in [6.45, 7) is 2.44. The minimum absolute atomic E-state index is 0.0152. The van der Waals surface area contributed by atoms with Gasteiger partial charge in [-0.3, -0.25) is 14.9 Å². The van der Waals surface area contributed by atoms with Crippen LogP contribution in [0.25, 0.3) is 0 Å². The molecule has 86 valence electrons. The van der Waals surface area contributed by atoms with Crippen molar-refractivity contribution in [2.45, 2.75) is 13.3 Å². The van der Waals surface area contributed by atoms with Gasteiger partial charge >= 0.3 is 5.00 Å². The first-order chi connectivity index (χ1) is 7.65. The molecule has 0 aliphatic rings. The highest BCUT2D eigenvalue weighted by Gasteiger charge is 2.14. The van der Waals surface area contributed by atoms with Crippen molar-refractivity contribution in [2.24, 2.45) is 0 Å². The molecule has 6 heteroatoms. The smallest absolute Gasteiger partial charge is 0.324 e. The Kier molecular flexibility index (Phi) is 4.65. The van der Waals surface area contributed by atoms with Crippen LogP contribution in [0.3, 0.4) is 0 Å². The third kappa shape index (κ3) is 3.47. The SMILES string of the molecule is C/C=C/CCNC(=O)c1ccc([N+](=O)[O-])s1. The molecule has 0 saturated carbocycles. The standard InChI is InChI=1S/C10H12N2O3S/c1-2-3-4-7-11-10(13)8-5-6-9(16-8)12(14)15/h2-3,5-6H,4,7H2,1H3,(H,11,13)/b3-2+. The number of rotatable bonds is 5. The number of hydrogen-bond acceptors (Lipinski definition) is 4. The summed E-state index contributed by atoms with van der Waals surface area (Å²) in [6, 6.07) is 2.80. The van der Waals surface area contributed by atoms with Crippen LogP contribution in [0, 0.1) is 10.1 Å². The number of nitrogens with zero attached hydrogens (tertiary/aromatic N) is 1. The number of carbonyl (C=O) groups excluding carboxylic acids is 1. The molecule has 0 unspecified atom stereocenters. The number of thiophene rings is 1. The normalized spacial score (nSPS) is 10.6. The quantitative estimate of drug-likeness (QED) is 0.371. The first kappa shape index (κ1) is 12.4. The highest BCUT2D eigenvalue weighted by molar-refractivity contribution is 7.17. The van der Waals surface area contributed by atoms with Gasteiger partial charge in [0.05, 0.1) is 9.80 Å². The number of nitro groups is 1. The van der Waals surface area contributed by atoms with Crippen molar-refractivity contribution < 1.29 is 9.72 Å². The topological polar surface area (TPSA) is 72.2 Å². The molecule has 0 aliphatic carbocycles. The van der Waals surface area contributed by atoms with E-state index in [1.807, 2.05) is 19.1 Å². The maximum atomic E-state index is 11.5. The van der Waals surface area contributed by atoms with Crippen molar-refractivity contribution in [3.05, 3.63) is 39.3 Å². The van der Waals surface area contributed by atoms with Crippen LogP contribution in [0.1, 0.15) is 23.0 Å². The molecule has 1 heterocycles. The second kappa shape index (κ2) is 6.02. The van der Waals surface area contributed by atoms with Crippen LogP contribution in [-0.2, 0) is 0 Å². The van der Waals surface area contributed by atoms with Gasteiger partial charge in [-0.05, 0) is 19.4 Å². The third-order valence-electron chi connectivity index (χ3n) is 1.83. The molecule has 1 aromatic heterocycles. The van der Waals surface area contributed by atoms with E-state index in [1.165, 1.54) is 12.1 Å². The second-order valence-electron chi connectivity index (χ2n) is 3.01. The Morgan fingerprint density at radius 1 is 1.62 bits per heavy atom. The molecule has 0 aromatic carbocycles. The van der Waals surface area contributed by atoms with Gasteiger partial charge in [0, 0.05) is 12.6 Å². The molecule has 0 saturated heterocycles. The summed E-state index contributed by atoms with van der Waals surface area (Å²) >= 11 is 0.884. The fourth-order valence-corrected chi connectivity index (χ4v) is 1.81. The highest BCUT2D eigenvalue weighted by atomic mass is 32.1. The Balaban J connectivity index is 2.49. The van der Waals surface area contributed by atoms with Gasteiger partial charge < -0.3 is 5.32 Å². The van der Waals surface area contributed by atoms with Crippen molar-refractivity contribution in [3.8, 4) is 0 Å². The molecule has 0 spiro atoms. The van der Waals surface area contributed by atoms with Crippen LogP contribution in [-0.4, -0.2) is 17.4 Å². The fraction of sp³-hybridized carbons (Fsp3) is 0.300. The molecular weight excluding hydrogens is 228 g/mol. The van der Waals surface area contributed by atoms with Gasteiger partial charge in [-0.15, -0.1) is 0 Å². The van der Waals surface area contributed by atoms with Crippen LogP contribution < -0.4 is 5.32 Å². The van der Waals surface area contributed by atoms with Crippen LogP contribution in [0.4, 0.5) is 5.00 Å². The van der Waals surface area contributed by atoms with Crippen molar-refractivity contribution in [1.29, 1.82) is 0 Å². The van der Waals surface area contributed by atoms with Gasteiger partial charge in [-0.2, -0.15) is 0 Å². The summed E-state index contributed by atoms with van der Waals surface area (Å²) in [6.07, 6.45) is 4.61. The zero-order valence-corrected chi connectivity index (χ0v) is 9.62. The Morgan fingerprint density at radius 2 is 2.38 bits per heavy atom. The zero-order valence-electron chi connectivity index (χ0n) is 8.80. The number of carbonyl (C=O) groups is 1. The lowest BCUT2D eigenvalue weighted by atomic mass is 10.3. The molecule has 0 atom stereocenters. The summed E-state index contributed by atoms with van der Waals surface area (Å²) in [5.74, 6) is -0.261. The number of nitrogens with one attached hydrogen (secondary N) is 1. The van der Waals surface area contributed by atoms with Crippen molar-refractivity contribution in [3.63, 3.8) is 0 Å². The van der Waals surface area contributed by atoms with E-state index < -0.39 is 4.92 Å². The largest absolute Gasteiger partial charge is 0.351 e. The Labute approximate surface area is 96.9 Å². The van der Waals surface area contributed by atoms with Gasteiger partial charge in [-0.1, -0.05) is 23.5 Å². The van der Waals surface area contributed by atoms with E-state index in [2.05, 4.69) is 5.32 Å². The monoisotopic (exact) mass is 240 g/mol. The lowest BCUT2D eigenvalue weighted by Gasteiger charge is -1.99. The molecule has 0 aliphatic heterocycles. The molecule has 1 rings (SSSR count). The van der Waals surface area contributed by atoms with Crippen LogP contribution in [0.15, 0.2) is 24.3 Å². The maximum Gasteiger partial charge on any atom is 0.324 e. The van der Waals surface area contributed by atoms with Gasteiger partial charge in [0.2, 0.25) is 0 Å².